The fraction of sp³-hybridized carbons (Fsp3) is 0.200. The van der Waals surface area contributed by atoms with Crippen LogP contribution in [0.4, 0.5) is 5.69 Å². The first kappa shape index (κ1) is 11.4. The van der Waals surface area contributed by atoms with Crippen LogP contribution in [-0.2, 0) is 4.79 Å². The zero-order valence-corrected chi connectivity index (χ0v) is 9.08. The van der Waals surface area contributed by atoms with Crippen LogP contribution < -0.4 is 0 Å². The van der Waals surface area contributed by atoms with Gasteiger partial charge in [0.05, 0.1) is 5.69 Å². The molecule has 1 rings (SSSR count). The summed E-state index contributed by atoms with van der Waals surface area (Å²) in [5.74, 6) is -0.336. The van der Waals surface area contributed by atoms with Crippen LogP contribution >= 0.6 is 11.8 Å². The third kappa shape index (κ3) is 2.65. The summed E-state index contributed by atoms with van der Waals surface area (Å²) < 4.78 is 0.955. The summed E-state index contributed by atoms with van der Waals surface area (Å²) in [6.45, 7) is 1.78. The highest BCUT2D eigenvalue weighted by molar-refractivity contribution is 6.24. The molecule has 0 aromatic heterocycles. The van der Waals surface area contributed by atoms with Crippen LogP contribution in [0.3, 0.4) is 0 Å². The number of nitrogens with zero attached hydrogens (tertiary/aromatic N) is 2. The number of amides is 1. The van der Waals surface area contributed by atoms with Crippen molar-refractivity contribution in [1.82, 2.24) is 4.42 Å². The Labute approximate surface area is 92.3 Å². The minimum absolute atomic E-state index is 0.336. The summed E-state index contributed by atoms with van der Waals surface area (Å²) in [5.41, 5.74) is 1.58. The number of halogens is 1. The molecular formula is C10H9ClN2O2. The number of benzene rings is 1. The van der Waals surface area contributed by atoms with Gasteiger partial charge in [-0.2, -0.15) is 4.99 Å². The second kappa shape index (κ2) is 4.73. The number of isocyanates is 1. The Hall–Kier alpha value is -1.64. The van der Waals surface area contributed by atoms with Gasteiger partial charge in [-0.25, -0.2) is 4.79 Å². The van der Waals surface area contributed by atoms with Gasteiger partial charge in [-0.1, -0.05) is 6.07 Å². The SMILES string of the molecule is Cc1ccc(N=C=O)cc1C(=O)N(C)Cl. The lowest BCUT2D eigenvalue weighted by Crippen LogP contribution is -2.17. The fourth-order valence-corrected chi connectivity index (χ4v) is 1.22. The maximum atomic E-state index is 11.6. The fourth-order valence-electron chi connectivity index (χ4n) is 1.13. The molecule has 0 bridgehead atoms. The summed E-state index contributed by atoms with van der Waals surface area (Å²) in [6.07, 6.45) is 1.42. The van der Waals surface area contributed by atoms with Gasteiger partial charge in [0.2, 0.25) is 6.08 Å². The number of aliphatic imine (C=N–C) groups is 1. The van der Waals surface area contributed by atoms with E-state index in [1.54, 1.807) is 19.1 Å². The zero-order chi connectivity index (χ0) is 11.4. The molecule has 1 amide bonds. The van der Waals surface area contributed by atoms with Crippen molar-refractivity contribution in [1.29, 1.82) is 0 Å². The number of hydrogen-bond donors (Lipinski definition) is 0. The van der Waals surface area contributed by atoms with Gasteiger partial charge in [-0.15, -0.1) is 0 Å². The van der Waals surface area contributed by atoms with E-state index in [1.165, 1.54) is 19.2 Å². The summed E-state index contributed by atoms with van der Waals surface area (Å²) in [7, 11) is 1.44. The Kier molecular flexibility index (Phi) is 3.61. The van der Waals surface area contributed by atoms with Gasteiger partial charge in [-0.3, -0.25) is 9.21 Å². The minimum Gasteiger partial charge on any atom is -0.268 e. The van der Waals surface area contributed by atoms with Gasteiger partial charge in [0, 0.05) is 24.4 Å². The molecule has 0 radical (unpaired) electrons. The summed E-state index contributed by atoms with van der Waals surface area (Å²) >= 11 is 5.54. The van der Waals surface area contributed by atoms with Gasteiger partial charge >= 0.3 is 0 Å². The van der Waals surface area contributed by atoms with Crippen LogP contribution in [-0.4, -0.2) is 23.5 Å². The molecule has 0 unspecified atom stereocenters. The minimum atomic E-state index is -0.336. The van der Waals surface area contributed by atoms with Crippen LogP contribution in [0, 0.1) is 6.92 Å². The van der Waals surface area contributed by atoms with E-state index in [1.807, 2.05) is 0 Å². The Balaban J connectivity index is 3.21. The van der Waals surface area contributed by atoms with Crippen molar-refractivity contribution < 1.29 is 9.59 Å². The molecule has 0 aliphatic heterocycles. The molecule has 1 aromatic carbocycles. The Morgan fingerprint density at radius 3 is 2.73 bits per heavy atom. The first-order valence-electron chi connectivity index (χ1n) is 4.18. The van der Waals surface area contributed by atoms with Gasteiger partial charge in [0.1, 0.15) is 0 Å². The van der Waals surface area contributed by atoms with Gasteiger partial charge in [0.25, 0.3) is 5.91 Å². The molecule has 0 saturated carbocycles. The Morgan fingerprint density at radius 2 is 2.20 bits per heavy atom. The molecule has 0 heterocycles. The van der Waals surface area contributed by atoms with Crippen LogP contribution in [0.15, 0.2) is 23.2 Å². The zero-order valence-electron chi connectivity index (χ0n) is 8.32. The Morgan fingerprint density at radius 1 is 1.53 bits per heavy atom. The summed E-state index contributed by atoms with van der Waals surface area (Å²) in [6, 6.07) is 4.83. The maximum absolute atomic E-state index is 11.6. The van der Waals surface area contributed by atoms with E-state index in [0.29, 0.717) is 11.3 Å². The summed E-state index contributed by atoms with van der Waals surface area (Å²) in [4.78, 5) is 25.1. The highest BCUT2D eigenvalue weighted by atomic mass is 35.5. The molecule has 0 saturated heterocycles. The van der Waals surface area contributed by atoms with Gasteiger partial charge < -0.3 is 0 Å². The topological polar surface area (TPSA) is 49.7 Å². The first-order chi connectivity index (χ1) is 7.06. The van der Waals surface area contributed by atoms with E-state index in [9.17, 15) is 9.59 Å². The van der Waals surface area contributed by atoms with Crippen LogP contribution in [0.25, 0.3) is 0 Å². The van der Waals surface area contributed by atoms with Gasteiger partial charge in [-0.05, 0) is 24.6 Å². The van der Waals surface area contributed by atoms with Crippen LogP contribution in [0.5, 0.6) is 0 Å². The molecule has 0 fully saturated rings. The molecule has 0 aliphatic rings. The van der Waals surface area contributed by atoms with Crippen LogP contribution in [0.2, 0.25) is 0 Å². The number of carbonyl (C=O) groups excluding carboxylic acids is 2. The molecule has 15 heavy (non-hydrogen) atoms. The highest BCUT2D eigenvalue weighted by Gasteiger charge is 2.12. The average molecular weight is 225 g/mol. The van der Waals surface area contributed by atoms with E-state index in [0.717, 1.165) is 9.98 Å². The number of hydrogen-bond acceptors (Lipinski definition) is 3. The normalized spacial score (nSPS) is 9.27. The first-order valence-corrected chi connectivity index (χ1v) is 4.52. The lowest BCUT2D eigenvalue weighted by molar-refractivity contribution is 0.0884. The Bertz CT molecular complexity index is 437. The van der Waals surface area contributed by atoms with Crippen molar-refractivity contribution in [3.63, 3.8) is 0 Å². The van der Waals surface area contributed by atoms with Crippen molar-refractivity contribution in [3.05, 3.63) is 29.3 Å². The van der Waals surface area contributed by atoms with Crippen molar-refractivity contribution in [2.24, 2.45) is 4.99 Å². The third-order valence-electron chi connectivity index (χ3n) is 1.91. The molecule has 4 nitrogen and oxygen atoms in total. The second-order valence-corrected chi connectivity index (χ2v) is 3.49. The van der Waals surface area contributed by atoms with E-state index in [2.05, 4.69) is 4.99 Å². The van der Waals surface area contributed by atoms with Crippen molar-refractivity contribution >= 4 is 29.5 Å². The predicted molar refractivity (Wildman–Crippen MR) is 56.9 cm³/mol. The molecular weight excluding hydrogens is 216 g/mol. The molecule has 0 N–H and O–H groups in total. The maximum Gasteiger partial charge on any atom is 0.268 e. The largest absolute Gasteiger partial charge is 0.268 e. The number of rotatable bonds is 2. The molecule has 0 atom stereocenters. The van der Waals surface area contributed by atoms with Crippen molar-refractivity contribution in [2.75, 3.05) is 7.05 Å². The summed E-state index contributed by atoms with van der Waals surface area (Å²) in [5, 5.41) is 0. The second-order valence-electron chi connectivity index (χ2n) is 2.98. The van der Waals surface area contributed by atoms with Crippen LogP contribution in [0.1, 0.15) is 15.9 Å². The number of aryl methyl sites for hydroxylation is 1. The monoisotopic (exact) mass is 224 g/mol. The van der Waals surface area contributed by atoms with Crippen molar-refractivity contribution in [3.8, 4) is 0 Å². The quantitative estimate of drug-likeness (QED) is 0.439. The smallest absolute Gasteiger partial charge is 0.268 e. The highest BCUT2D eigenvalue weighted by Crippen LogP contribution is 2.19. The molecule has 1 aromatic rings. The van der Waals surface area contributed by atoms with E-state index < -0.39 is 0 Å². The molecule has 0 spiro atoms. The van der Waals surface area contributed by atoms with Gasteiger partial charge in [0.15, 0.2) is 0 Å². The standard InChI is InChI=1S/C10H9ClN2O2/c1-7-3-4-8(12-6-14)5-9(7)10(15)13(2)11/h3-5H,1-2H3. The average Bonchev–Trinajstić information content (AvgIpc) is 2.20. The lowest BCUT2D eigenvalue weighted by atomic mass is 10.1. The van der Waals surface area contributed by atoms with E-state index >= 15 is 0 Å². The van der Waals surface area contributed by atoms with Crippen molar-refractivity contribution in [2.45, 2.75) is 6.92 Å². The van der Waals surface area contributed by atoms with E-state index in [4.69, 9.17) is 11.8 Å². The molecule has 5 heteroatoms. The molecule has 78 valence electrons. The lowest BCUT2D eigenvalue weighted by Gasteiger charge is -2.09. The third-order valence-corrected chi connectivity index (χ3v) is 2.06. The number of carbonyl (C=O) groups is 1. The molecule has 0 aliphatic carbocycles. The predicted octanol–water partition coefficient (Wildman–Crippen LogP) is 2.19. The van der Waals surface area contributed by atoms with E-state index in [-0.39, 0.29) is 5.91 Å².